The minimum atomic E-state index is -0.0788. The van der Waals surface area contributed by atoms with Crippen molar-refractivity contribution in [2.24, 2.45) is 0 Å². The van der Waals surface area contributed by atoms with Gasteiger partial charge in [-0.3, -0.25) is 4.79 Å². The Morgan fingerprint density at radius 2 is 2.27 bits per heavy atom. The highest BCUT2D eigenvalue weighted by Crippen LogP contribution is 2.10. The summed E-state index contributed by atoms with van der Waals surface area (Å²) >= 11 is 5.73. The number of anilines is 1. The molecule has 1 aromatic heterocycles. The molecule has 0 aliphatic heterocycles. The number of carbonyl (C=O) groups is 1. The largest absolute Gasteiger partial charge is 0.361 e. The van der Waals surface area contributed by atoms with E-state index in [9.17, 15) is 4.79 Å². The summed E-state index contributed by atoms with van der Waals surface area (Å²) in [6, 6.07) is 1.58. The van der Waals surface area contributed by atoms with Crippen LogP contribution in [-0.4, -0.2) is 29.0 Å². The van der Waals surface area contributed by atoms with Crippen LogP contribution in [0.3, 0.4) is 0 Å². The molecule has 0 aliphatic carbocycles. The molecule has 0 unspecified atom stereocenters. The van der Waals surface area contributed by atoms with E-state index >= 15 is 0 Å². The molecule has 0 aromatic carbocycles. The summed E-state index contributed by atoms with van der Waals surface area (Å²) in [5.74, 6) is 1.05. The number of nitrogens with zero attached hydrogens (tertiary/aromatic N) is 2. The number of halogens is 1. The van der Waals surface area contributed by atoms with Crippen molar-refractivity contribution in [3.05, 3.63) is 17.0 Å². The molecule has 1 aromatic rings. The zero-order valence-electron chi connectivity index (χ0n) is 8.67. The van der Waals surface area contributed by atoms with Gasteiger partial charge in [-0.15, -0.1) is 0 Å². The van der Waals surface area contributed by atoms with Crippen molar-refractivity contribution in [3.8, 4) is 0 Å². The van der Waals surface area contributed by atoms with Gasteiger partial charge in [-0.1, -0.05) is 11.6 Å². The first-order chi connectivity index (χ1) is 7.11. The van der Waals surface area contributed by atoms with E-state index in [1.807, 2.05) is 6.92 Å². The van der Waals surface area contributed by atoms with Gasteiger partial charge in [0.25, 0.3) is 0 Å². The number of amides is 1. The summed E-state index contributed by atoms with van der Waals surface area (Å²) in [5, 5.41) is 5.89. The molecule has 0 fully saturated rings. The summed E-state index contributed by atoms with van der Waals surface area (Å²) in [7, 11) is 0. The molecular weight excluding hydrogens is 216 g/mol. The van der Waals surface area contributed by atoms with E-state index in [-0.39, 0.29) is 12.5 Å². The Morgan fingerprint density at radius 1 is 1.53 bits per heavy atom. The maximum atomic E-state index is 11.1. The number of hydrogen-bond acceptors (Lipinski definition) is 4. The number of nitrogens with one attached hydrogen (secondary N) is 2. The number of carbonyl (C=O) groups excluding carboxylic acids is 1. The summed E-state index contributed by atoms with van der Waals surface area (Å²) < 4.78 is 0. The van der Waals surface area contributed by atoms with Gasteiger partial charge in [0.2, 0.25) is 5.91 Å². The van der Waals surface area contributed by atoms with Crippen LogP contribution >= 0.6 is 11.6 Å². The van der Waals surface area contributed by atoms with Gasteiger partial charge in [0.15, 0.2) is 0 Å². The monoisotopic (exact) mass is 228 g/mol. The predicted octanol–water partition coefficient (Wildman–Crippen LogP) is 0.986. The smallest absolute Gasteiger partial charge is 0.239 e. The number of aromatic nitrogens is 2. The Labute approximate surface area is 93.3 Å². The third-order valence-corrected chi connectivity index (χ3v) is 1.80. The molecule has 15 heavy (non-hydrogen) atoms. The fourth-order valence-corrected chi connectivity index (χ4v) is 1.28. The quantitative estimate of drug-likeness (QED) is 0.755. The fraction of sp³-hybridized carbons (Fsp3) is 0.444. The minimum Gasteiger partial charge on any atom is -0.361 e. The van der Waals surface area contributed by atoms with Gasteiger partial charge in [0.1, 0.15) is 16.8 Å². The molecule has 0 atom stereocenters. The third kappa shape index (κ3) is 4.12. The Balaban J connectivity index is 2.54. The molecule has 0 radical (unpaired) electrons. The average molecular weight is 229 g/mol. The number of likely N-dealkylation sites (N-methyl/N-ethyl adjacent to an activating group) is 1. The third-order valence-electron chi connectivity index (χ3n) is 1.61. The second-order valence-electron chi connectivity index (χ2n) is 2.93. The maximum absolute atomic E-state index is 11.1. The van der Waals surface area contributed by atoms with Crippen molar-refractivity contribution >= 4 is 23.3 Å². The van der Waals surface area contributed by atoms with Gasteiger partial charge < -0.3 is 10.6 Å². The fourth-order valence-electron chi connectivity index (χ4n) is 1.05. The van der Waals surface area contributed by atoms with E-state index in [0.29, 0.717) is 23.3 Å². The van der Waals surface area contributed by atoms with Crippen molar-refractivity contribution in [2.75, 3.05) is 18.4 Å². The zero-order valence-corrected chi connectivity index (χ0v) is 9.43. The van der Waals surface area contributed by atoms with Crippen LogP contribution in [0.15, 0.2) is 6.07 Å². The van der Waals surface area contributed by atoms with Gasteiger partial charge in [-0.2, -0.15) is 0 Å². The first-order valence-electron chi connectivity index (χ1n) is 4.63. The van der Waals surface area contributed by atoms with Gasteiger partial charge in [0, 0.05) is 12.6 Å². The molecule has 1 heterocycles. The van der Waals surface area contributed by atoms with E-state index in [1.54, 1.807) is 13.0 Å². The molecule has 0 saturated heterocycles. The molecule has 0 saturated carbocycles. The van der Waals surface area contributed by atoms with Crippen LogP contribution in [0.1, 0.15) is 12.7 Å². The molecule has 82 valence electrons. The highest BCUT2D eigenvalue weighted by atomic mass is 35.5. The molecule has 0 bridgehead atoms. The molecule has 2 N–H and O–H groups in total. The topological polar surface area (TPSA) is 66.9 Å². The molecular formula is C9H13ClN4O. The highest BCUT2D eigenvalue weighted by molar-refractivity contribution is 6.29. The molecule has 1 rings (SSSR count). The van der Waals surface area contributed by atoms with E-state index in [0.717, 1.165) is 0 Å². The van der Waals surface area contributed by atoms with Crippen LogP contribution in [-0.2, 0) is 4.79 Å². The summed E-state index contributed by atoms with van der Waals surface area (Å²) in [6.07, 6.45) is 0. The summed E-state index contributed by atoms with van der Waals surface area (Å²) in [5.41, 5.74) is 0. The van der Waals surface area contributed by atoms with E-state index in [2.05, 4.69) is 20.6 Å². The maximum Gasteiger partial charge on any atom is 0.239 e. The van der Waals surface area contributed by atoms with Gasteiger partial charge >= 0.3 is 0 Å². The lowest BCUT2D eigenvalue weighted by molar-refractivity contribution is -0.119. The summed E-state index contributed by atoms with van der Waals surface area (Å²) in [4.78, 5) is 19.1. The number of rotatable bonds is 4. The summed E-state index contributed by atoms with van der Waals surface area (Å²) in [6.45, 7) is 4.40. The second kappa shape index (κ2) is 5.50. The SMILES string of the molecule is CCNC(=O)CNc1cc(Cl)nc(C)n1. The second-order valence-corrected chi connectivity index (χ2v) is 3.32. The Kier molecular flexibility index (Phi) is 4.30. The van der Waals surface area contributed by atoms with Crippen LogP contribution in [0.4, 0.5) is 5.82 Å². The molecule has 6 heteroatoms. The van der Waals surface area contributed by atoms with Gasteiger partial charge in [-0.25, -0.2) is 9.97 Å². The molecule has 0 aliphatic rings. The zero-order chi connectivity index (χ0) is 11.3. The minimum absolute atomic E-state index is 0.0788. The average Bonchev–Trinajstić information content (AvgIpc) is 2.14. The highest BCUT2D eigenvalue weighted by Gasteiger charge is 2.02. The van der Waals surface area contributed by atoms with Crippen LogP contribution in [0.5, 0.6) is 0 Å². The lowest BCUT2D eigenvalue weighted by Gasteiger charge is -2.06. The van der Waals surface area contributed by atoms with E-state index in [4.69, 9.17) is 11.6 Å². The van der Waals surface area contributed by atoms with Crippen molar-refractivity contribution in [3.63, 3.8) is 0 Å². The van der Waals surface area contributed by atoms with Crippen molar-refractivity contribution in [2.45, 2.75) is 13.8 Å². The molecule has 0 spiro atoms. The Hall–Kier alpha value is -1.36. The number of aryl methyl sites for hydroxylation is 1. The van der Waals surface area contributed by atoms with E-state index in [1.165, 1.54) is 0 Å². The van der Waals surface area contributed by atoms with Crippen molar-refractivity contribution in [1.82, 2.24) is 15.3 Å². The molecule has 1 amide bonds. The van der Waals surface area contributed by atoms with Gasteiger partial charge in [-0.05, 0) is 13.8 Å². The van der Waals surface area contributed by atoms with Crippen LogP contribution < -0.4 is 10.6 Å². The standard InChI is InChI=1S/C9H13ClN4O/c1-3-11-9(15)5-12-8-4-7(10)13-6(2)14-8/h4H,3,5H2,1-2H3,(H,11,15)(H,12,13,14). The van der Waals surface area contributed by atoms with Crippen LogP contribution in [0.2, 0.25) is 5.15 Å². The first-order valence-corrected chi connectivity index (χ1v) is 5.01. The Morgan fingerprint density at radius 3 is 2.87 bits per heavy atom. The van der Waals surface area contributed by atoms with Crippen LogP contribution in [0, 0.1) is 6.92 Å². The van der Waals surface area contributed by atoms with Crippen molar-refractivity contribution < 1.29 is 4.79 Å². The van der Waals surface area contributed by atoms with Gasteiger partial charge in [0.05, 0.1) is 6.54 Å². The normalized spacial score (nSPS) is 9.80. The van der Waals surface area contributed by atoms with Crippen molar-refractivity contribution in [1.29, 1.82) is 0 Å². The first kappa shape index (κ1) is 11.7. The Bertz CT molecular complexity index is 336. The molecule has 5 nitrogen and oxygen atoms in total. The predicted molar refractivity (Wildman–Crippen MR) is 59.0 cm³/mol. The van der Waals surface area contributed by atoms with E-state index < -0.39 is 0 Å². The lowest BCUT2D eigenvalue weighted by atomic mass is 10.5. The number of hydrogen-bond donors (Lipinski definition) is 2. The van der Waals surface area contributed by atoms with Crippen LogP contribution in [0.25, 0.3) is 0 Å². The lowest BCUT2D eigenvalue weighted by Crippen LogP contribution is -2.29.